The molecule has 0 aliphatic heterocycles. The Kier molecular flexibility index (Phi) is 4.53. The number of terminal acetylenes is 1. The van der Waals surface area contributed by atoms with Crippen molar-refractivity contribution < 1.29 is 0 Å². The molecule has 0 fully saturated rings. The SMILES string of the molecule is C#Cc1cc(N)c(C)cc1Cc1nc(-c2ccc3c(c2)CCCC3)cs1. The highest BCUT2D eigenvalue weighted by Crippen LogP contribution is 2.29. The van der Waals surface area contributed by atoms with Gasteiger partial charge in [0.15, 0.2) is 0 Å². The van der Waals surface area contributed by atoms with E-state index in [0.717, 1.165) is 39.5 Å². The molecule has 0 unspecified atom stereocenters. The lowest BCUT2D eigenvalue weighted by Crippen LogP contribution is -2.02. The van der Waals surface area contributed by atoms with Gasteiger partial charge in [-0.05, 0) is 67.0 Å². The number of aryl methyl sites for hydroxylation is 3. The van der Waals surface area contributed by atoms with Crippen LogP contribution in [0.3, 0.4) is 0 Å². The third-order valence-corrected chi connectivity index (χ3v) is 6.03. The van der Waals surface area contributed by atoms with Crippen molar-refractivity contribution in [2.45, 2.75) is 39.0 Å². The van der Waals surface area contributed by atoms with E-state index in [2.05, 4.69) is 35.6 Å². The van der Waals surface area contributed by atoms with Crippen molar-refractivity contribution in [1.29, 1.82) is 0 Å². The molecule has 2 nitrogen and oxygen atoms in total. The maximum atomic E-state index is 5.99. The van der Waals surface area contributed by atoms with Gasteiger partial charge in [0.05, 0.1) is 10.7 Å². The first kappa shape index (κ1) is 16.9. The van der Waals surface area contributed by atoms with Gasteiger partial charge < -0.3 is 5.73 Å². The summed E-state index contributed by atoms with van der Waals surface area (Å²) >= 11 is 1.69. The number of nitrogen functional groups attached to an aromatic ring is 1. The van der Waals surface area contributed by atoms with Crippen LogP contribution in [0.4, 0.5) is 5.69 Å². The van der Waals surface area contributed by atoms with Crippen molar-refractivity contribution in [3.8, 4) is 23.6 Å². The molecule has 1 aliphatic carbocycles. The third kappa shape index (κ3) is 3.25. The summed E-state index contributed by atoms with van der Waals surface area (Å²) in [6.45, 7) is 2.01. The fraction of sp³-hybridized carbons (Fsp3) is 0.261. The van der Waals surface area contributed by atoms with Gasteiger partial charge in [-0.1, -0.05) is 24.1 Å². The van der Waals surface area contributed by atoms with E-state index in [4.69, 9.17) is 17.1 Å². The summed E-state index contributed by atoms with van der Waals surface area (Å²) in [5.41, 5.74) is 15.1. The average Bonchev–Trinajstić information content (AvgIpc) is 3.12. The molecule has 0 spiro atoms. The Bertz CT molecular complexity index is 1010. The molecule has 3 aromatic rings. The zero-order valence-corrected chi connectivity index (χ0v) is 15.8. The summed E-state index contributed by atoms with van der Waals surface area (Å²) in [5.74, 6) is 2.75. The highest BCUT2D eigenvalue weighted by atomic mass is 32.1. The van der Waals surface area contributed by atoms with Gasteiger partial charge in [-0.2, -0.15) is 0 Å². The average molecular weight is 359 g/mol. The fourth-order valence-corrected chi connectivity index (χ4v) is 4.47. The lowest BCUT2D eigenvalue weighted by atomic mass is 9.90. The van der Waals surface area contributed by atoms with Crippen LogP contribution < -0.4 is 5.73 Å². The Morgan fingerprint density at radius 3 is 2.77 bits per heavy atom. The predicted molar refractivity (Wildman–Crippen MR) is 111 cm³/mol. The Morgan fingerprint density at radius 2 is 1.96 bits per heavy atom. The van der Waals surface area contributed by atoms with E-state index in [1.165, 1.54) is 42.4 Å². The smallest absolute Gasteiger partial charge is 0.0977 e. The highest BCUT2D eigenvalue weighted by molar-refractivity contribution is 7.10. The molecule has 2 N–H and O–H groups in total. The molecule has 0 saturated carbocycles. The molecule has 1 aromatic heterocycles. The number of hydrogen-bond donors (Lipinski definition) is 1. The second-order valence-corrected chi connectivity index (χ2v) is 7.95. The van der Waals surface area contributed by atoms with Crippen LogP contribution in [0, 0.1) is 19.3 Å². The molecule has 1 heterocycles. The summed E-state index contributed by atoms with van der Waals surface area (Å²) in [5, 5.41) is 3.23. The molecular weight excluding hydrogens is 336 g/mol. The normalized spacial score (nSPS) is 13.2. The lowest BCUT2D eigenvalue weighted by Gasteiger charge is -2.16. The van der Waals surface area contributed by atoms with Gasteiger partial charge in [-0.25, -0.2) is 4.98 Å². The number of hydrogen-bond acceptors (Lipinski definition) is 3. The molecule has 130 valence electrons. The number of nitrogens with two attached hydrogens (primary N) is 1. The molecule has 3 heteroatoms. The third-order valence-electron chi connectivity index (χ3n) is 5.19. The minimum Gasteiger partial charge on any atom is -0.398 e. The molecular formula is C23H22N2S. The zero-order valence-electron chi connectivity index (χ0n) is 15.0. The minimum atomic E-state index is 0.746. The minimum absolute atomic E-state index is 0.746. The van der Waals surface area contributed by atoms with Crippen LogP contribution in [0.2, 0.25) is 0 Å². The van der Waals surface area contributed by atoms with Crippen LogP contribution in [0.1, 0.15) is 45.7 Å². The molecule has 26 heavy (non-hydrogen) atoms. The maximum Gasteiger partial charge on any atom is 0.0977 e. The number of anilines is 1. The van der Waals surface area contributed by atoms with Crippen LogP contribution in [0.25, 0.3) is 11.3 Å². The van der Waals surface area contributed by atoms with E-state index in [9.17, 15) is 0 Å². The van der Waals surface area contributed by atoms with Gasteiger partial charge in [0.1, 0.15) is 0 Å². The molecule has 0 amide bonds. The van der Waals surface area contributed by atoms with Crippen LogP contribution >= 0.6 is 11.3 Å². The maximum absolute atomic E-state index is 5.99. The van der Waals surface area contributed by atoms with Crippen molar-refractivity contribution in [2.24, 2.45) is 0 Å². The molecule has 2 aromatic carbocycles. The Balaban J connectivity index is 1.61. The summed E-state index contributed by atoms with van der Waals surface area (Å²) in [6, 6.07) is 10.8. The van der Waals surface area contributed by atoms with Gasteiger partial charge in [0, 0.05) is 28.6 Å². The number of aromatic nitrogens is 1. The molecule has 0 radical (unpaired) electrons. The summed E-state index contributed by atoms with van der Waals surface area (Å²) in [7, 11) is 0. The molecule has 4 rings (SSSR count). The number of nitrogens with zero attached hydrogens (tertiary/aromatic N) is 1. The van der Waals surface area contributed by atoms with Crippen LogP contribution in [0.15, 0.2) is 35.7 Å². The molecule has 0 bridgehead atoms. The largest absolute Gasteiger partial charge is 0.398 e. The van der Waals surface area contributed by atoms with Gasteiger partial charge in [-0.3, -0.25) is 0 Å². The standard InChI is InChI=1S/C23H22N2S/c1-3-16-12-21(24)15(2)10-20(16)13-23-25-22(14-26-23)19-9-8-17-6-4-5-7-18(17)11-19/h1,8-12,14H,4-7,13,24H2,2H3. The van der Waals surface area contributed by atoms with Crippen molar-refractivity contribution in [1.82, 2.24) is 4.98 Å². The van der Waals surface area contributed by atoms with Crippen LogP contribution in [0.5, 0.6) is 0 Å². The van der Waals surface area contributed by atoms with E-state index >= 15 is 0 Å². The van der Waals surface area contributed by atoms with Gasteiger partial charge in [-0.15, -0.1) is 17.8 Å². The second-order valence-electron chi connectivity index (χ2n) is 7.00. The summed E-state index contributed by atoms with van der Waals surface area (Å²) < 4.78 is 0. The number of rotatable bonds is 3. The first-order chi connectivity index (χ1) is 12.6. The number of thiazole rings is 1. The van der Waals surface area contributed by atoms with E-state index in [-0.39, 0.29) is 0 Å². The monoisotopic (exact) mass is 358 g/mol. The van der Waals surface area contributed by atoms with Gasteiger partial charge in [0.2, 0.25) is 0 Å². The number of benzene rings is 2. The van der Waals surface area contributed by atoms with Crippen LogP contribution in [-0.2, 0) is 19.3 Å². The first-order valence-electron chi connectivity index (χ1n) is 9.06. The lowest BCUT2D eigenvalue weighted by molar-refractivity contribution is 0.686. The number of fused-ring (bicyclic) bond motifs is 1. The Morgan fingerprint density at radius 1 is 1.15 bits per heavy atom. The van der Waals surface area contributed by atoms with Crippen LogP contribution in [-0.4, -0.2) is 4.98 Å². The topological polar surface area (TPSA) is 38.9 Å². The highest BCUT2D eigenvalue weighted by Gasteiger charge is 2.13. The van der Waals surface area contributed by atoms with E-state index in [0.29, 0.717) is 0 Å². The quantitative estimate of drug-likeness (QED) is 0.519. The van der Waals surface area contributed by atoms with E-state index in [1.807, 2.05) is 13.0 Å². The Hall–Kier alpha value is -2.57. The predicted octanol–water partition coefficient (Wildman–Crippen LogP) is 5.15. The molecule has 0 atom stereocenters. The first-order valence-corrected chi connectivity index (χ1v) is 9.94. The van der Waals surface area contributed by atoms with Gasteiger partial charge >= 0.3 is 0 Å². The van der Waals surface area contributed by atoms with Crippen molar-refractivity contribution in [3.63, 3.8) is 0 Å². The molecule has 0 saturated heterocycles. The Labute approximate surface area is 159 Å². The van der Waals surface area contributed by atoms with E-state index in [1.54, 1.807) is 11.3 Å². The summed E-state index contributed by atoms with van der Waals surface area (Å²) in [6.07, 6.45) is 11.4. The van der Waals surface area contributed by atoms with Crippen molar-refractivity contribution in [3.05, 3.63) is 68.5 Å². The van der Waals surface area contributed by atoms with Gasteiger partial charge in [0.25, 0.3) is 0 Å². The van der Waals surface area contributed by atoms with E-state index < -0.39 is 0 Å². The van der Waals surface area contributed by atoms with Crippen molar-refractivity contribution in [2.75, 3.05) is 5.73 Å². The zero-order chi connectivity index (χ0) is 18.1. The van der Waals surface area contributed by atoms with Crippen molar-refractivity contribution >= 4 is 17.0 Å². The second kappa shape index (κ2) is 6.97. The fourth-order valence-electron chi connectivity index (χ4n) is 3.65. The molecule has 1 aliphatic rings. The summed E-state index contributed by atoms with van der Waals surface area (Å²) in [4.78, 5) is 4.87.